The third kappa shape index (κ3) is 31.7. The van der Waals surface area contributed by atoms with Gasteiger partial charge in [0.2, 0.25) is 0 Å². The van der Waals surface area contributed by atoms with E-state index in [4.69, 9.17) is 0 Å². The molecule has 6 heavy (non-hydrogen) atoms. The summed E-state index contributed by atoms with van der Waals surface area (Å²) in [7, 11) is 0. The van der Waals surface area contributed by atoms with E-state index < -0.39 is 0 Å². The van der Waals surface area contributed by atoms with E-state index in [0.717, 1.165) is 0 Å². The zero-order valence-electron chi connectivity index (χ0n) is 2.37. The first-order valence-electron chi connectivity index (χ1n) is 0. The van der Waals surface area contributed by atoms with Crippen molar-refractivity contribution in [3.8, 4) is 0 Å². The minimum absolute atomic E-state index is 0. The number of hydrogen-bond acceptors (Lipinski definition) is 0. The molecule has 0 rings (SSSR count). The van der Waals surface area contributed by atoms with Crippen molar-refractivity contribution in [1.82, 2.24) is 0 Å². The molecule has 0 saturated carbocycles. The van der Waals surface area contributed by atoms with Gasteiger partial charge in [0.1, 0.15) is 0 Å². The van der Waals surface area contributed by atoms with E-state index >= 15 is 0 Å². The SMILES string of the molecule is [Cl-].[Cl-].[Cl-].[Cl-].[Fe+2].[Sn+2]. The van der Waals surface area contributed by atoms with E-state index in [-0.39, 0.29) is 90.6 Å². The normalized spacial score (nSPS) is 0. The Labute approximate surface area is 89.7 Å². The number of hydrogen-bond donors (Lipinski definition) is 0. The largest absolute Gasteiger partial charge is 2.00 e. The van der Waals surface area contributed by atoms with Gasteiger partial charge in [0, 0.05) is 0 Å². The van der Waals surface area contributed by atoms with Crippen molar-refractivity contribution in [1.29, 1.82) is 0 Å². The van der Waals surface area contributed by atoms with Crippen LogP contribution in [0.2, 0.25) is 0 Å². The zero-order chi connectivity index (χ0) is 0. The molecular weight excluding hydrogens is 316 g/mol. The van der Waals surface area contributed by atoms with Crippen LogP contribution in [0.5, 0.6) is 0 Å². The maximum atomic E-state index is 0. The smallest absolute Gasteiger partial charge is 1.00 e. The summed E-state index contributed by atoms with van der Waals surface area (Å²) < 4.78 is 0. The Bertz CT molecular complexity index is 7.51. The summed E-state index contributed by atoms with van der Waals surface area (Å²) in [4.78, 5) is 0. The van der Waals surface area contributed by atoms with Crippen LogP contribution in [0.3, 0.4) is 0 Å². The van der Waals surface area contributed by atoms with E-state index in [2.05, 4.69) is 0 Å². The van der Waals surface area contributed by atoms with Crippen LogP contribution in [0.25, 0.3) is 0 Å². The van der Waals surface area contributed by atoms with Crippen LogP contribution in [0, 0.1) is 0 Å². The van der Waals surface area contributed by atoms with Crippen LogP contribution < -0.4 is 49.6 Å². The molecule has 40 valence electrons. The van der Waals surface area contributed by atoms with Crippen LogP contribution >= 0.6 is 0 Å². The summed E-state index contributed by atoms with van der Waals surface area (Å²) >= 11 is 0. The van der Waals surface area contributed by atoms with Crippen molar-refractivity contribution in [3.05, 3.63) is 0 Å². The summed E-state index contributed by atoms with van der Waals surface area (Å²) in [5.74, 6) is 0. The minimum Gasteiger partial charge on any atom is -1.00 e. The molecule has 0 fully saturated rings. The van der Waals surface area contributed by atoms with Crippen molar-refractivity contribution < 1.29 is 66.7 Å². The maximum absolute atomic E-state index is 0. The average molecular weight is 316 g/mol. The molecule has 0 aliphatic rings. The van der Waals surface area contributed by atoms with E-state index in [9.17, 15) is 0 Å². The maximum Gasteiger partial charge on any atom is 2.00 e. The quantitative estimate of drug-likeness (QED) is 0.390. The molecule has 0 heterocycles. The molecule has 0 N–H and O–H groups in total. The third-order valence-electron chi connectivity index (χ3n) is 0. The minimum atomic E-state index is 0. The molecule has 0 spiro atoms. The molecule has 0 amide bonds. The summed E-state index contributed by atoms with van der Waals surface area (Å²) in [6.07, 6.45) is 0. The van der Waals surface area contributed by atoms with Crippen molar-refractivity contribution in [2.24, 2.45) is 0 Å². The Morgan fingerprint density at radius 2 is 0.500 bits per heavy atom. The number of rotatable bonds is 0. The summed E-state index contributed by atoms with van der Waals surface area (Å²) in [6.45, 7) is 0. The standard InChI is InChI=1S/4ClH.Fe.Sn/h4*1H;;/q;;;;2*+2/p-4. The second kappa shape index (κ2) is 51.1. The molecular formula is Cl4FeSn. The zero-order valence-corrected chi connectivity index (χ0v) is 9.35. The first-order chi connectivity index (χ1) is 0. The van der Waals surface area contributed by atoms with E-state index in [1.54, 1.807) is 0 Å². The Kier molecular flexibility index (Phi) is 658. The van der Waals surface area contributed by atoms with Gasteiger partial charge in [-0.2, -0.15) is 0 Å². The fourth-order valence-electron chi connectivity index (χ4n) is 0. The average Bonchev–Trinajstić information content (AvgIpc) is 0. The molecule has 0 aromatic rings. The van der Waals surface area contributed by atoms with Gasteiger partial charge in [-0.25, -0.2) is 0 Å². The van der Waals surface area contributed by atoms with Crippen LogP contribution in [-0.2, 0) is 17.1 Å². The molecule has 6 heteroatoms. The van der Waals surface area contributed by atoms with Gasteiger partial charge in [-0.15, -0.1) is 0 Å². The second-order valence-corrected chi connectivity index (χ2v) is 0. The van der Waals surface area contributed by atoms with Gasteiger partial charge in [0.15, 0.2) is 0 Å². The van der Waals surface area contributed by atoms with Gasteiger partial charge in [-0.05, 0) is 0 Å². The van der Waals surface area contributed by atoms with Gasteiger partial charge in [0.25, 0.3) is 0 Å². The van der Waals surface area contributed by atoms with Gasteiger partial charge in [-0.1, -0.05) is 0 Å². The topological polar surface area (TPSA) is 0 Å². The molecule has 0 saturated heterocycles. The molecule has 0 aliphatic carbocycles. The van der Waals surface area contributed by atoms with Crippen LogP contribution in [0.4, 0.5) is 0 Å². The van der Waals surface area contributed by atoms with Crippen LogP contribution in [0.15, 0.2) is 0 Å². The molecule has 0 atom stereocenters. The molecule has 0 aromatic heterocycles. The predicted octanol–water partition coefficient (Wildman–Crippen LogP) is -12.4. The van der Waals surface area contributed by atoms with Gasteiger partial charge in [0.05, 0.1) is 0 Å². The van der Waals surface area contributed by atoms with Crippen molar-refractivity contribution in [2.45, 2.75) is 0 Å². The fourth-order valence-corrected chi connectivity index (χ4v) is 0. The predicted molar refractivity (Wildman–Crippen MR) is 5.75 cm³/mol. The molecule has 2 radical (unpaired) electrons. The summed E-state index contributed by atoms with van der Waals surface area (Å²) in [5.41, 5.74) is 0. The van der Waals surface area contributed by atoms with Crippen LogP contribution in [-0.4, -0.2) is 23.9 Å². The van der Waals surface area contributed by atoms with Crippen molar-refractivity contribution in [3.63, 3.8) is 0 Å². The molecule has 0 aromatic carbocycles. The fraction of sp³-hybridized carbons (Fsp3) is 0. The Hall–Kier alpha value is 2.48. The van der Waals surface area contributed by atoms with E-state index in [0.29, 0.717) is 0 Å². The monoisotopic (exact) mass is 316 g/mol. The Morgan fingerprint density at radius 3 is 0.500 bits per heavy atom. The van der Waals surface area contributed by atoms with E-state index in [1.165, 1.54) is 0 Å². The van der Waals surface area contributed by atoms with Crippen LogP contribution in [0.1, 0.15) is 0 Å². The summed E-state index contributed by atoms with van der Waals surface area (Å²) in [6, 6.07) is 0. The molecule has 0 aliphatic heterocycles. The first-order valence-corrected chi connectivity index (χ1v) is 0. The van der Waals surface area contributed by atoms with Crippen molar-refractivity contribution >= 4 is 23.9 Å². The number of halogens is 4. The van der Waals surface area contributed by atoms with E-state index in [1.807, 2.05) is 0 Å². The Morgan fingerprint density at radius 1 is 0.500 bits per heavy atom. The summed E-state index contributed by atoms with van der Waals surface area (Å²) in [5, 5.41) is 0. The van der Waals surface area contributed by atoms with Gasteiger partial charge < -0.3 is 49.6 Å². The van der Waals surface area contributed by atoms with Gasteiger partial charge in [-0.3, -0.25) is 0 Å². The third-order valence-corrected chi connectivity index (χ3v) is 0. The van der Waals surface area contributed by atoms with Crippen molar-refractivity contribution in [2.75, 3.05) is 0 Å². The molecule has 0 nitrogen and oxygen atoms in total. The molecule has 0 unspecified atom stereocenters. The first kappa shape index (κ1) is 77.2. The molecule has 0 bridgehead atoms. The second-order valence-electron chi connectivity index (χ2n) is 0. The van der Waals surface area contributed by atoms with Gasteiger partial charge >= 0.3 is 41.0 Å². The Balaban J connectivity index is 0.